The maximum absolute atomic E-state index is 13.6. The van der Waals surface area contributed by atoms with Crippen molar-refractivity contribution in [3.63, 3.8) is 0 Å². The van der Waals surface area contributed by atoms with E-state index in [0.717, 1.165) is 24.1 Å². The first-order chi connectivity index (χ1) is 11.0. The second-order valence-corrected chi connectivity index (χ2v) is 5.99. The average Bonchev–Trinajstić information content (AvgIpc) is 3.07. The van der Waals surface area contributed by atoms with Gasteiger partial charge in [0.2, 0.25) is 5.76 Å². The number of hydrogen-bond donors (Lipinski definition) is 0. The highest BCUT2D eigenvalue weighted by Crippen LogP contribution is 2.24. The van der Waals surface area contributed by atoms with Gasteiger partial charge in [-0.25, -0.2) is 9.37 Å². The maximum atomic E-state index is 13.6. The van der Waals surface area contributed by atoms with E-state index in [1.807, 2.05) is 20.0 Å². The van der Waals surface area contributed by atoms with Crippen LogP contribution in [-0.4, -0.2) is 42.0 Å². The van der Waals surface area contributed by atoms with E-state index in [1.165, 1.54) is 18.7 Å². The SMILES string of the molecule is Cc1cc(F)cc(N(C)C2CCN(C(=O)c3cnco3)CC2)c1. The van der Waals surface area contributed by atoms with Gasteiger partial charge >= 0.3 is 0 Å². The van der Waals surface area contributed by atoms with E-state index in [0.29, 0.717) is 13.1 Å². The number of benzene rings is 1. The van der Waals surface area contributed by atoms with E-state index in [2.05, 4.69) is 9.88 Å². The zero-order chi connectivity index (χ0) is 16.4. The number of aromatic nitrogens is 1. The Bertz CT molecular complexity index is 659. The van der Waals surface area contributed by atoms with Gasteiger partial charge in [-0.3, -0.25) is 4.79 Å². The first-order valence-electron chi connectivity index (χ1n) is 7.72. The molecule has 5 nitrogen and oxygen atoms in total. The monoisotopic (exact) mass is 317 g/mol. The lowest BCUT2D eigenvalue weighted by molar-refractivity contribution is 0.0681. The molecular formula is C17H20FN3O2. The van der Waals surface area contributed by atoms with Crippen molar-refractivity contribution in [3.05, 3.63) is 47.9 Å². The van der Waals surface area contributed by atoms with E-state index >= 15 is 0 Å². The van der Waals surface area contributed by atoms with Gasteiger partial charge in [-0.15, -0.1) is 0 Å². The van der Waals surface area contributed by atoms with Gasteiger partial charge in [-0.05, 0) is 43.5 Å². The van der Waals surface area contributed by atoms with E-state index in [1.54, 1.807) is 11.0 Å². The Morgan fingerprint density at radius 1 is 1.35 bits per heavy atom. The fourth-order valence-electron chi connectivity index (χ4n) is 3.06. The molecule has 1 fully saturated rings. The predicted molar refractivity (Wildman–Crippen MR) is 85.0 cm³/mol. The van der Waals surface area contributed by atoms with Crippen LogP contribution >= 0.6 is 0 Å². The van der Waals surface area contributed by atoms with Crippen molar-refractivity contribution in [1.29, 1.82) is 0 Å². The summed E-state index contributed by atoms with van der Waals surface area (Å²) in [6.45, 7) is 3.20. The van der Waals surface area contributed by atoms with Crippen molar-refractivity contribution in [2.24, 2.45) is 0 Å². The van der Waals surface area contributed by atoms with E-state index in [9.17, 15) is 9.18 Å². The molecule has 1 aliphatic rings. The first-order valence-corrected chi connectivity index (χ1v) is 7.72. The summed E-state index contributed by atoms with van der Waals surface area (Å²) >= 11 is 0. The highest BCUT2D eigenvalue weighted by atomic mass is 19.1. The topological polar surface area (TPSA) is 49.6 Å². The van der Waals surface area contributed by atoms with Crippen LogP contribution in [0.25, 0.3) is 0 Å². The van der Waals surface area contributed by atoms with Crippen LogP contribution in [0.4, 0.5) is 10.1 Å². The van der Waals surface area contributed by atoms with Crippen LogP contribution < -0.4 is 4.90 Å². The molecule has 6 heteroatoms. The molecule has 0 bridgehead atoms. The number of piperidine rings is 1. The van der Waals surface area contributed by atoms with Crippen LogP contribution in [0.5, 0.6) is 0 Å². The van der Waals surface area contributed by atoms with Crippen LogP contribution in [-0.2, 0) is 0 Å². The number of carbonyl (C=O) groups excluding carboxylic acids is 1. The first kappa shape index (κ1) is 15.5. The van der Waals surface area contributed by atoms with Crippen molar-refractivity contribution in [2.45, 2.75) is 25.8 Å². The Morgan fingerprint density at radius 3 is 2.70 bits per heavy atom. The summed E-state index contributed by atoms with van der Waals surface area (Å²) < 4.78 is 18.6. The molecule has 1 saturated heterocycles. The van der Waals surface area contributed by atoms with Gasteiger partial charge in [0.25, 0.3) is 5.91 Å². The molecule has 0 unspecified atom stereocenters. The second kappa shape index (κ2) is 6.40. The molecule has 0 N–H and O–H groups in total. The Hall–Kier alpha value is -2.37. The molecule has 0 spiro atoms. The lowest BCUT2D eigenvalue weighted by Crippen LogP contribution is -2.45. The van der Waals surface area contributed by atoms with Crippen molar-refractivity contribution in [2.75, 3.05) is 25.0 Å². The summed E-state index contributed by atoms with van der Waals surface area (Å²) in [5.74, 6) is -0.0625. The summed E-state index contributed by atoms with van der Waals surface area (Å²) in [4.78, 5) is 19.9. The van der Waals surface area contributed by atoms with Crippen LogP contribution in [0.2, 0.25) is 0 Å². The predicted octanol–water partition coefficient (Wildman–Crippen LogP) is 2.86. The van der Waals surface area contributed by atoms with Gasteiger partial charge in [-0.1, -0.05) is 0 Å². The van der Waals surface area contributed by atoms with E-state index in [-0.39, 0.29) is 23.5 Å². The quantitative estimate of drug-likeness (QED) is 0.873. The minimum absolute atomic E-state index is 0.120. The standard InChI is InChI=1S/C17H20FN3O2/c1-12-7-13(18)9-15(8-12)20(2)14-3-5-21(6-4-14)17(22)16-10-19-11-23-16/h7-11,14H,3-6H2,1-2H3. The fraction of sp³-hybridized carbons (Fsp3) is 0.412. The molecule has 0 aliphatic carbocycles. The van der Waals surface area contributed by atoms with Gasteiger partial charge < -0.3 is 14.2 Å². The summed E-state index contributed by atoms with van der Waals surface area (Å²) in [7, 11) is 1.98. The number of rotatable bonds is 3. The molecule has 1 aromatic heterocycles. The van der Waals surface area contributed by atoms with Crippen LogP contribution in [0.1, 0.15) is 29.0 Å². The van der Waals surface area contributed by atoms with E-state index < -0.39 is 0 Å². The van der Waals surface area contributed by atoms with Crippen molar-refractivity contribution < 1.29 is 13.6 Å². The van der Waals surface area contributed by atoms with E-state index in [4.69, 9.17) is 4.42 Å². The molecule has 1 aromatic carbocycles. The van der Waals surface area contributed by atoms with Gasteiger partial charge in [0.05, 0.1) is 6.20 Å². The molecule has 2 heterocycles. The lowest BCUT2D eigenvalue weighted by Gasteiger charge is -2.37. The highest BCUT2D eigenvalue weighted by molar-refractivity contribution is 5.91. The molecule has 122 valence electrons. The molecule has 1 amide bonds. The Kier molecular flexibility index (Phi) is 4.32. The molecule has 2 aromatic rings. The zero-order valence-corrected chi connectivity index (χ0v) is 13.3. The summed E-state index contributed by atoms with van der Waals surface area (Å²) in [5, 5.41) is 0. The Balaban J connectivity index is 1.63. The molecule has 3 rings (SSSR count). The smallest absolute Gasteiger partial charge is 0.291 e. The number of carbonyl (C=O) groups is 1. The third kappa shape index (κ3) is 3.36. The van der Waals surface area contributed by atoms with Crippen LogP contribution in [0.3, 0.4) is 0 Å². The van der Waals surface area contributed by atoms with Crippen molar-refractivity contribution in [3.8, 4) is 0 Å². The highest BCUT2D eigenvalue weighted by Gasteiger charge is 2.27. The Labute approximate surface area is 134 Å². The van der Waals surface area contributed by atoms with Crippen LogP contribution in [0.15, 0.2) is 35.2 Å². The average molecular weight is 317 g/mol. The lowest BCUT2D eigenvalue weighted by atomic mass is 10.0. The van der Waals surface area contributed by atoms with Gasteiger partial charge in [0, 0.05) is 31.9 Å². The number of oxazole rings is 1. The fourth-order valence-corrected chi connectivity index (χ4v) is 3.06. The molecule has 0 radical (unpaired) electrons. The molecule has 23 heavy (non-hydrogen) atoms. The minimum Gasteiger partial charge on any atom is -0.438 e. The number of hydrogen-bond acceptors (Lipinski definition) is 4. The Morgan fingerprint density at radius 2 is 2.09 bits per heavy atom. The minimum atomic E-state index is -0.218. The molecule has 0 saturated carbocycles. The molecule has 0 atom stereocenters. The number of aryl methyl sites for hydroxylation is 1. The number of amides is 1. The van der Waals surface area contributed by atoms with Gasteiger partial charge in [0.1, 0.15) is 5.82 Å². The van der Waals surface area contributed by atoms with Crippen LogP contribution in [0, 0.1) is 12.7 Å². The zero-order valence-electron chi connectivity index (χ0n) is 13.3. The van der Waals surface area contributed by atoms with Crippen molar-refractivity contribution >= 4 is 11.6 Å². The second-order valence-electron chi connectivity index (χ2n) is 5.99. The molecule has 1 aliphatic heterocycles. The third-order valence-electron chi connectivity index (χ3n) is 4.38. The maximum Gasteiger partial charge on any atom is 0.291 e. The van der Waals surface area contributed by atoms with Crippen molar-refractivity contribution in [1.82, 2.24) is 9.88 Å². The summed E-state index contributed by atoms with van der Waals surface area (Å²) in [6, 6.07) is 5.35. The summed E-state index contributed by atoms with van der Waals surface area (Å²) in [6.07, 6.45) is 4.38. The normalized spacial score (nSPS) is 15.7. The number of anilines is 1. The number of nitrogens with zero attached hydrogens (tertiary/aromatic N) is 3. The molecular weight excluding hydrogens is 297 g/mol. The third-order valence-corrected chi connectivity index (χ3v) is 4.38. The largest absolute Gasteiger partial charge is 0.438 e. The number of likely N-dealkylation sites (tertiary alicyclic amines) is 1. The summed E-state index contributed by atoms with van der Waals surface area (Å²) in [5.41, 5.74) is 1.78. The van der Waals surface area contributed by atoms with Gasteiger partial charge in [-0.2, -0.15) is 0 Å². The van der Waals surface area contributed by atoms with Gasteiger partial charge in [0.15, 0.2) is 6.39 Å². The number of halogens is 1.